The second-order valence-corrected chi connectivity index (χ2v) is 6.12. The molecule has 3 rings (SSSR count). The Morgan fingerprint density at radius 1 is 1.30 bits per heavy atom. The summed E-state index contributed by atoms with van der Waals surface area (Å²) < 4.78 is 0. The molecule has 1 aromatic carbocycles. The summed E-state index contributed by atoms with van der Waals surface area (Å²) in [5, 5.41) is 13.9. The average Bonchev–Trinajstić information content (AvgIpc) is 2.84. The summed E-state index contributed by atoms with van der Waals surface area (Å²) >= 11 is 0. The zero-order chi connectivity index (χ0) is 16.6. The first-order valence-corrected chi connectivity index (χ1v) is 7.82. The van der Waals surface area contributed by atoms with Crippen LogP contribution in [0.25, 0.3) is 0 Å². The number of hydrazine groups is 1. The summed E-state index contributed by atoms with van der Waals surface area (Å²) in [6, 6.07) is 10.2. The Labute approximate surface area is 135 Å². The van der Waals surface area contributed by atoms with Gasteiger partial charge in [-0.2, -0.15) is 0 Å². The normalized spacial score (nSPS) is 27.0. The molecule has 0 radical (unpaired) electrons. The quantitative estimate of drug-likeness (QED) is 0.786. The Hall–Kier alpha value is -2.34. The molecule has 2 aliphatic heterocycles. The van der Waals surface area contributed by atoms with E-state index < -0.39 is 5.97 Å². The molecule has 0 spiro atoms. The van der Waals surface area contributed by atoms with E-state index in [-0.39, 0.29) is 36.9 Å². The lowest BCUT2D eigenvalue weighted by Gasteiger charge is -2.35. The Kier molecular flexibility index (Phi) is 4.09. The van der Waals surface area contributed by atoms with Gasteiger partial charge in [0.05, 0.1) is 0 Å². The van der Waals surface area contributed by atoms with Gasteiger partial charge in [-0.15, -0.1) is 0 Å². The van der Waals surface area contributed by atoms with Crippen molar-refractivity contribution in [2.24, 2.45) is 0 Å². The van der Waals surface area contributed by atoms with Gasteiger partial charge >= 0.3 is 5.97 Å². The number of carbonyl (C=O) groups excluding carboxylic acids is 1. The summed E-state index contributed by atoms with van der Waals surface area (Å²) in [6.07, 6.45) is 0.0342. The third kappa shape index (κ3) is 2.82. The van der Waals surface area contributed by atoms with Gasteiger partial charge < -0.3 is 10.4 Å². The summed E-state index contributed by atoms with van der Waals surface area (Å²) in [7, 11) is 0. The zero-order valence-electron chi connectivity index (χ0n) is 13.2. The highest BCUT2D eigenvalue weighted by atomic mass is 16.4. The molecule has 6 heteroatoms. The number of allylic oxidation sites excluding steroid dienone is 1. The van der Waals surface area contributed by atoms with E-state index in [1.54, 1.807) is 5.01 Å². The van der Waals surface area contributed by atoms with E-state index in [0.29, 0.717) is 5.57 Å². The third-order valence-corrected chi connectivity index (χ3v) is 4.57. The maximum Gasteiger partial charge on any atom is 0.303 e. The van der Waals surface area contributed by atoms with Crippen molar-refractivity contribution in [1.82, 2.24) is 15.8 Å². The van der Waals surface area contributed by atoms with Gasteiger partial charge in [-0.25, -0.2) is 5.43 Å². The number of carboxylic acid groups (broad SMARTS) is 1. The molecular formula is C17H21N3O3. The van der Waals surface area contributed by atoms with E-state index in [2.05, 4.69) is 29.8 Å². The highest BCUT2D eigenvalue weighted by Crippen LogP contribution is 2.35. The van der Waals surface area contributed by atoms with E-state index in [9.17, 15) is 9.59 Å². The number of amides is 1. The zero-order valence-corrected chi connectivity index (χ0v) is 13.2. The topological polar surface area (TPSA) is 81.7 Å². The van der Waals surface area contributed by atoms with Crippen LogP contribution in [0.2, 0.25) is 0 Å². The van der Waals surface area contributed by atoms with E-state index in [0.717, 1.165) is 5.70 Å². The Bertz CT molecular complexity index is 656. The van der Waals surface area contributed by atoms with E-state index in [1.165, 1.54) is 5.56 Å². The van der Waals surface area contributed by atoms with Gasteiger partial charge in [0.15, 0.2) is 0 Å². The van der Waals surface area contributed by atoms with Crippen molar-refractivity contribution in [3.05, 3.63) is 47.2 Å². The van der Waals surface area contributed by atoms with Crippen LogP contribution in [-0.4, -0.2) is 34.2 Å². The maximum absolute atomic E-state index is 12.7. The second-order valence-electron chi connectivity index (χ2n) is 6.12. The smallest absolute Gasteiger partial charge is 0.303 e. The molecule has 3 atom stereocenters. The van der Waals surface area contributed by atoms with Crippen LogP contribution >= 0.6 is 0 Å². The van der Waals surface area contributed by atoms with Crippen LogP contribution < -0.4 is 10.7 Å². The third-order valence-electron chi connectivity index (χ3n) is 4.57. The largest absolute Gasteiger partial charge is 0.481 e. The number of fused-ring (bicyclic) bond motifs is 1. The number of carbonyl (C=O) groups is 2. The Morgan fingerprint density at radius 3 is 2.65 bits per heavy atom. The predicted molar refractivity (Wildman–Crippen MR) is 85.1 cm³/mol. The minimum atomic E-state index is -0.898. The van der Waals surface area contributed by atoms with Crippen LogP contribution in [0.1, 0.15) is 38.2 Å². The molecular weight excluding hydrogens is 294 g/mol. The van der Waals surface area contributed by atoms with Crippen molar-refractivity contribution in [2.75, 3.05) is 0 Å². The van der Waals surface area contributed by atoms with Crippen LogP contribution in [-0.2, 0) is 9.59 Å². The van der Waals surface area contributed by atoms with Crippen LogP contribution in [0, 0.1) is 0 Å². The van der Waals surface area contributed by atoms with E-state index >= 15 is 0 Å². The highest BCUT2D eigenvalue weighted by Gasteiger charge is 2.46. The molecule has 1 fully saturated rings. The van der Waals surface area contributed by atoms with Crippen molar-refractivity contribution in [2.45, 2.75) is 44.8 Å². The summed E-state index contributed by atoms with van der Waals surface area (Å²) in [6.45, 7) is 3.90. The summed E-state index contributed by atoms with van der Waals surface area (Å²) in [4.78, 5) is 23.5. The summed E-state index contributed by atoms with van der Waals surface area (Å²) in [5.41, 5.74) is 5.71. The Morgan fingerprint density at radius 2 is 2.00 bits per heavy atom. The number of nitrogens with one attached hydrogen (secondary N) is 2. The molecule has 1 aromatic rings. The van der Waals surface area contributed by atoms with E-state index in [1.807, 2.05) is 25.1 Å². The van der Waals surface area contributed by atoms with Gasteiger partial charge in [-0.1, -0.05) is 30.3 Å². The maximum atomic E-state index is 12.7. The van der Waals surface area contributed by atoms with Gasteiger partial charge in [-0.05, 0) is 25.8 Å². The predicted octanol–water partition coefficient (Wildman–Crippen LogP) is 1.57. The minimum Gasteiger partial charge on any atom is -0.481 e. The number of hydrogen-bond acceptors (Lipinski definition) is 4. The number of hydrogen-bond donors (Lipinski definition) is 3. The fraction of sp³-hybridized carbons (Fsp3) is 0.412. The van der Waals surface area contributed by atoms with Gasteiger partial charge in [0.2, 0.25) is 0 Å². The monoisotopic (exact) mass is 315 g/mol. The SMILES string of the molecule is CC1=C(CCC(=O)O)C(=O)N2NC(C)C(c3ccccc3)C2N1. The summed E-state index contributed by atoms with van der Waals surface area (Å²) in [5.74, 6) is -0.890. The first kappa shape index (κ1) is 15.6. The molecule has 0 bridgehead atoms. The molecule has 2 heterocycles. The van der Waals surface area contributed by atoms with Crippen molar-refractivity contribution in [3.8, 4) is 0 Å². The highest BCUT2D eigenvalue weighted by molar-refractivity contribution is 5.95. The average molecular weight is 315 g/mol. The van der Waals surface area contributed by atoms with Crippen molar-refractivity contribution in [3.63, 3.8) is 0 Å². The Balaban J connectivity index is 1.87. The second kappa shape index (κ2) is 6.04. The van der Waals surface area contributed by atoms with Gasteiger partial charge in [0.1, 0.15) is 6.17 Å². The molecule has 1 amide bonds. The number of carboxylic acids is 1. The van der Waals surface area contributed by atoms with Crippen molar-refractivity contribution in [1.29, 1.82) is 0 Å². The molecule has 6 nitrogen and oxygen atoms in total. The number of aliphatic carboxylic acids is 1. The molecule has 0 saturated carbocycles. The fourth-order valence-electron chi connectivity index (χ4n) is 3.44. The molecule has 1 saturated heterocycles. The lowest BCUT2D eigenvalue weighted by molar-refractivity contribution is -0.137. The van der Waals surface area contributed by atoms with Crippen LogP contribution in [0.15, 0.2) is 41.6 Å². The molecule has 23 heavy (non-hydrogen) atoms. The van der Waals surface area contributed by atoms with Crippen molar-refractivity contribution >= 4 is 11.9 Å². The molecule has 0 aromatic heterocycles. The first-order valence-electron chi connectivity index (χ1n) is 7.82. The standard InChI is InChI=1S/C17H21N3O3/c1-10-13(8-9-14(21)22)17(23)20-16(18-10)15(11(2)19-20)12-6-4-3-5-7-12/h3-7,11,15-16,18-19H,8-9H2,1-2H3,(H,21,22). The fourth-order valence-corrected chi connectivity index (χ4v) is 3.44. The van der Waals surface area contributed by atoms with Crippen LogP contribution in [0.4, 0.5) is 0 Å². The van der Waals surface area contributed by atoms with Crippen LogP contribution in [0.3, 0.4) is 0 Å². The molecule has 0 aliphatic carbocycles. The number of rotatable bonds is 4. The van der Waals surface area contributed by atoms with E-state index in [4.69, 9.17) is 5.11 Å². The molecule has 122 valence electrons. The number of benzene rings is 1. The lowest BCUT2D eigenvalue weighted by Crippen LogP contribution is -2.54. The molecule has 2 aliphatic rings. The van der Waals surface area contributed by atoms with Gasteiger partial charge in [0, 0.05) is 29.7 Å². The van der Waals surface area contributed by atoms with Crippen LogP contribution in [0.5, 0.6) is 0 Å². The van der Waals surface area contributed by atoms with Crippen molar-refractivity contribution < 1.29 is 14.7 Å². The number of nitrogens with zero attached hydrogens (tertiary/aromatic N) is 1. The lowest BCUT2D eigenvalue weighted by atomic mass is 9.90. The minimum absolute atomic E-state index is 0.0454. The molecule has 3 unspecified atom stereocenters. The first-order chi connectivity index (χ1) is 11.0. The molecule has 3 N–H and O–H groups in total. The van der Waals surface area contributed by atoms with Gasteiger partial charge in [-0.3, -0.25) is 14.6 Å². The van der Waals surface area contributed by atoms with Gasteiger partial charge in [0.25, 0.3) is 5.91 Å².